The summed E-state index contributed by atoms with van der Waals surface area (Å²) in [5.41, 5.74) is 0.943. The molecule has 1 fully saturated rings. The van der Waals surface area contributed by atoms with E-state index in [9.17, 15) is 0 Å². The van der Waals surface area contributed by atoms with Gasteiger partial charge in [0, 0.05) is 58.2 Å². The quantitative estimate of drug-likeness (QED) is 0.179. The maximum absolute atomic E-state index is 5.75. The number of benzene rings is 1. The summed E-state index contributed by atoms with van der Waals surface area (Å²) in [5, 5.41) is 6.60. The average molecular weight is 521 g/mol. The second-order valence-corrected chi connectivity index (χ2v) is 6.67. The van der Waals surface area contributed by atoms with E-state index in [0.717, 1.165) is 56.2 Å². The summed E-state index contributed by atoms with van der Waals surface area (Å²) in [6.07, 6.45) is 4.29. The van der Waals surface area contributed by atoms with Crippen molar-refractivity contribution in [3.63, 3.8) is 0 Å². The molecule has 166 valence electrons. The number of nitrogens with zero attached hydrogens (tertiary/aromatic N) is 1. The van der Waals surface area contributed by atoms with Crippen molar-refractivity contribution in [1.82, 2.24) is 5.32 Å². The Labute approximate surface area is 191 Å². The van der Waals surface area contributed by atoms with Crippen LogP contribution in [0.3, 0.4) is 0 Å². The van der Waals surface area contributed by atoms with E-state index >= 15 is 0 Å². The van der Waals surface area contributed by atoms with Gasteiger partial charge in [-0.3, -0.25) is 4.99 Å². The molecule has 8 heteroatoms. The number of anilines is 1. The van der Waals surface area contributed by atoms with Crippen molar-refractivity contribution in [2.75, 3.05) is 58.6 Å². The number of methoxy groups -OCH3 is 1. The molecule has 0 spiro atoms. The maximum Gasteiger partial charge on any atom is 0.195 e. The smallest absolute Gasteiger partial charge is 0.195 e. The summed E-state index contributed by atoms with van der Waals surface area (Å²) in [6.45, 7) is 7.16. The van der Waals surface area contributed by atoms with Crippen molar-refractivity contribution < 1.29 is 18.9 Å². The van der Waals surface area contributed by atoms with Gasteiger partial charge >= 0.3 is 0 Å². The van der Waals surface area contributed by atoms with Crippen LogP contribution in [0.25, 0.3) is 0 Å². The maximum atomic E-state index is 5.75. The Hall–Kier alpha value is -1.10. The van der Waals surface area contributed by atoms with Crippen LogP contribution < -0.4 is 15.4 Å². The highest BCUT2D eigenvalue weighted by Crippen LogP contribution is 2.17. The lowest BCUT2D eigenvalue weighted by atomic mass is 10.2. The van der Waals surface area contributed by atoms with Crippen LogP contribution in [0.4, 0.5) is 5.69 Å². The fourth-order valence-corrected chi connectivity index (χ4v) is 2.85. The molecule has 0 radical (unpaired) electrons. The number of halogens is 1. The van der Waals surface area contributed by atoms with Gasteiger partial charge in [-0.1, -0.05) is 6.07 Å². The van der Waals surface area contributed by atoms with E-state index < -0.39 is 0 Å². The molecule has 1 aliphatic rings. The van der Waals surface area contributed by atoms with E-state index in [1.807, 2.05) is 24.3 Å². The molecule has 0 saturated carbocycles. The van der Waals surface area contributed by atoms with Crippen LogP contribution >= 0.6 is 24.0 Å². The van der Waals surface area contributed by atoms with Gasteiger partial charge in [-0.15, -0.1) is 24.0 Å². The zero-order valence-electron chi connectivity index (χ0n) is 17.7. The monoisotopic (exact) mass is 521 g/mol. The molecule has 1 heterocycles. The van der Waals surface area contributed by atoms with Gasteiger partial charge in [0.1, 0.15) is 5.75 Å². The number of ether oxygens (including phenoxy) is 4. The van der Waals surface area contributed by atoms with E-state index in [0.29, 0.717) is 33.0 Å². The molecule has 29 heavy (non-hydrogen) atoms. The van der Waals surface area contributed by atoms with E-state index in [2.05, 4.69) is 22.5 Å². The normalized spacial score (nSPS) is 16.3. The third-order valence-electron chi connectivity index (χ3n) is 4.25. The summed E-state index contributed by atoms with van der Waals surface area (Å²) >= 11 is 0. The highest BCUT2D eigenvalue weighted by molar-refractivity contribution is 14.0. The number of guanidine groups is 1. The SMILES string of the molecule is CCNC(=NCCCOCC1CCCO1)Nc1cccc(OCCCOC)c1.I. The van der Waals surface area contributed by atoms with Gasteiger partial charge < -0.3 is 29.6 Å². The molecule has 1 aromatic rings. The van der Waals surface area contributed by atoms with Crippen molar-refractivity contribution in [2.24, 2.45) is 4.99 Å². The van der Waals surface area contributed by atoms with E-state index in [4.69, 9.17) is 18.9 Å². The van der Waals surface area contributed by atoms with Crippen LogP contribution in [-0.2, 0) is 14.2 Å². The third kappa shape index (κ3) is 11.6. The minimum Gasteiger partial charge on any atom is -0.493 e. The van der Waals surface area contributed by atoms with Crippen LogP contribution in [0.5, 0.6) is 5.75 Å². The number of nitrogens with one attached hydrogen (secondary N) is 2. The first-order valence-electron chi connectivity index (χ1n) is 10.3. The molecule has 7 nitrogen and oxygen atoms in total. The van der Waals surface area contributed by atoms with Crippen molar-refractivity contribution in [3.05, 3.63) is 24.3 Å². The van der Waals surface area contributed by atoms with Crippen LogP contribution in [0.1, 0.15) is 32.6 Å². The van der Waals surface area contributed by atoms with Crippen molar-refractivity contribution in [3.8, 4) is 5.75 Å². The molecule has 1 aliphatic heterocycles. The second-order valence-electron chi connectivity index (χ2n) is 6.67. The summed E-state index contributed by atoms with van der Waals surface area (Å²) in [7, 11) is 1.70. The van der Waals surface area contributed by atoms with E-state index in [1.165, 1.54) is 0 Å². The Balaban J connectivity index is 0.00000420. The standard InChI is InChI=1S/C21H35N3O4.HI/c1-3-22-21(23-11-6-13-26-17-20-10-5-14-28-20)24-18-8-4-9-19(16-18)27-15-7-12-25-2;/h4,8-9,16,20H,3,5-7,10-15,17H2,1-2H3,(H2,22,23,24);1H. The van der Waals surface area contributed by atoms with Gasteiger partial charge in [-0.2, -0.15) is 0 Å². The summed E-state index contributed by atoms with van der Waals surface area (Å²) in [4.78, 5) is 4.62. The lowest BCUT2D eigenvalue weighted by Crippen LogP contribution is -2.30. The van der Waals surface area contributed by atoms with Gasteiger partial charge in [0.25, 0.3) is 0 Å². The Morgan fingerprint density at radius 2 is 2.14 bits per heavy atom. The van der Waals surface area contributed by atoms with E-state index in [1.54, 1.807) is 7.11 Å². The lowest BCUT2D eigenvalue weighted by Gasteiger charge is -2.13. The zero-order valence-corrected chi connectivity index (χ0v) is 20.0. The minimum atomic E-state index is 0. The lowest BCUT2D eigenvalue weighted by molar-refractivity contribution is 0.0171. The molecule has 0 bridgehead atoms. The van der Waals surface area contributed by atoms with Gasteiger partial charge in [0.2, 0.25) is 0 Å². The molecule has 1 atom stereocenters. The van der Waals surface area contributed by atoms with Crippen LogP contribution in [0.15, 0.2) is 29.3 Å². The van der Waals surface area contributed by atoms with Crippen molar-refractivity contribution >= 4 is 35.6 Å². The molecule has 2 rings (SSSR count). The topological polar surface area (TPSA) is 73.3 Å². The molecule has 1 aromatic carbocycles. The molecular weight excluding hydrogens is 485 g/mol. The van der Waals surface area contributed by atoms with Crippen LogP contribution in [0.2, 0.25) is 0 Å². The third-order valence-corrected chi connectivity index (χ3v) is 4.25. The highest BCUT2D eigenvalue weighted by Gasteiger charge is 2.14. The molecular formula is C21H36IN3O4. The molecule has 0 aromatic heterocycles. The molecule has 1 saturated heterocycles. The summed E-state index contributed by atoms with van der Waals surface area (Å²) in [5.74, 6) is 1.60. The average Bonchev–Trinajstić information content (AvgIpc) is 3.22. The molecule has 2 N–H and O–H groups in total. The molecule has 1 unspecified atom stereocenters. The van der Waals surface area contributed by atoms with E-state index in [-0.39, 0.29) is 30.1 Å². The van der Waals surface area contributed by atoms with Gasteiger partial charge in [-0.25, -0.2) is 0 Å². The predicted octanol–water partition coefficient (Wildman–Crippen LogP) is 3.68. The Morgan fingerprint density at radius 1 is 1.24 bits per heavy atom. The number of hydrogen-bond donors (Lipinski definition) is 2. The fraction of sp³-hybridized carbons (Fsp3) is 0.667. The second kappa shape index (κ2) is 16.7. The first kappa shape index (κ1) is 25.9. The number of rotatable bonds is 13. The number of aliphatic imine (C=N–C) groups is 1. The Bertz CT molecular complexity index is 569. The van der Waals surface area contributed by atoms with Gasteiger partial charge in [0.05, 0.1) is 19.3 Å². The summed E-state index contributed by atoms with van der Waals surface area (Å²) < 4.78 is 22.0. The predicted molar refractivity (Wildman–Crippen MR) is 128 cm³/mol. The van der Waals surface area contributed by atoms with Crippen molar-refractivity contribution in [2.45, 2.75) is 38.7 Å². The fourth-order valence-electron chi connectivity index (χ4n) is 2.85. The van der Waals surface area contributed by atoms with Gasteiger partial charge in [-0.05, 0) is 38.3 Å². The number of hydrogen-bond acceptors (Lipinski definition) is 5. The summed E-state index contributed by atoms with van der Waals surface area (Å²) in [6, 6.07) is 7.90. The zero-order chi connectivity index (χ0) is 19.9. The Morgan fingerprint density at radius 3 is 2.90 bits per heavy atom. The molecule has 0 amide bonds. The highest BCUT2D eigenvalue weighted by atomic mass is 127. The first-order chi connectivity index (χ1) is 13.8. The molecule has 0 aliphatic carbocycles. The largest absolute Gasteiger partial charge is 0.493 e. The Kier molecular flexibility index (Phi) is 14.9. The van der Waals surface area contributed by atoms with Gasteiger partial charge in [0.15, 0.2) is 5.96 Å². The first-order valence-corrected chi connectivity index (χ1v) is 10.3. The minimum absolute atomic E-state index is 0. The van der Waals surface area contributed by atoms with Crippen LogP contribution in [0, 0.1) is 0 Å². The van der Waals surface area contributed by atoms with Crippen molar-refractivity contribution in [1.29, 1.82) is 0 Å². The van der Waals surface area contributed by atoms with Crippen LogP contribution in [-0.4, -0.2) is 65.3 Å².